The summed E-state index contributed by atoms with van der Waals surface area (Å²) in [6.45, 7) is 9.38. The molecule has 1 saturated heterocycles. The Hall–Kier alpha value is -3.67. The fraction of sp³-hybridized carbons (Fsp3) is 0.269. The number of pyridine rings is 1. The Bertz CT molecular complexity index is 1280. The minimum Gasteiger partial charge on any atom is -0.368 e. The number of hydrogen-bond acceptors (Lipinski definition) is 4. The summed E-state index contributed by atoms with van der Waals surface area (Å²) in [5.41, 5.74) is 7.18. The number of fused-ring (bicyclic) bond motifs is 1. The fourth-order valence-corrected chi connectivity index (χ4v) is 4.48. The zero-order valence-corrected chi connectivity index (χ0v) is 18.7. The van der Waals surface area contributed by atoms with Gasteiger partial charge in [0, 0.05) is 49.3 Å². The minimum atomic E-state index is 0.0856. The van der Waals surface area contributed by atoms with Gasteiger partial charge < -0.3 is 9.80 Å². The lowest BCUT2D eigenvalue weighted by molar-refractivity contribution is 0.0747. The van der Waals surface area contributed by atoms with E-state index in [0.29, 0.717) is 5.56 Å². The van der Waals surface area contributed by atoms with Gasteiger partial charge in [0.2, 0.25) is 0 Å². The van der Waals surface area contributed by atoms with Gasteiger partial charge in [-0.05, 0) is 74.4 Å². The van der Waals surface area contributed by atoms with Crippen molar-refractivity contribution in [2.45, 2.75) is 20.8 Å². The molecule has 1 aliphatic heterocycles. The zero-order chi connectivity index (χ0) is 22.2. The third kappa shape index (κ3) is 3.62. The summed E-state index contributed by atoms with van der Waals surface area (Å²) in [5.74, 6) is 0.961. The molecule has 0 atom stereocenters. The van der Waals surface area contributed by atoms with Crippen molar-refractivity contribution in [1.82, 2.24) is 19.4 Å². The van der Waals surface area contributed by atoms with Crippen LogP contribution in [-0.4, -0.2) is 51.5 Å². The maximum Gasteiger partial charge on any atom is 0.253 e. The monoisotopic (exact) mass is 425 g/mol. The number of piperazine rings is 1. The van der Waals surface area contributed by atoms with Crippen LogP contribution in [0, 0.1) is 20.8 Å². The number of carbonyl (C=O) groups excluding carboxylic acids is 1. The van der Waals surface area contributed by atoms with E-state index < -0.39 is 0 Å². The largest absolute Gasteiger partial charge is 0.368 e. The van der Waals surface area contributed by atoms with Crippen LogP contribution in [0.1, 0.15) is 27.3 Å². The van der Waals surface area contributed by atoms with Crippen LogP contribution >= 0.6 is 0 Å². The molecular weight excluding hydrogens is 398 g/mol. The Morgan fingerprint density at radius 1 is 0.906 bits per heavy atom. The Kier molecular flexibility index (Phi) is 5.13. The second kappa shape index (κ2) is 8.11. The van der Waals surface area contributed by atoms with E-state index in [1.165, 1.54) is 16.8 Å². The van der Waals surface area contributed by atoms with E-state index in [2.05, 4.69) is 46.9 Å². The second-order valence-electron chi connectivity index (χ2n) is 8.46. The first-order valence-electron chi connectivity index (χ1n) is 11.0. The summed E-state index contributed by atoms with van der Waals surface area (Å²) in [4.78, 5) is 26.5. The van der Waals surface area contributed by atoms with Crippen molar-refractivity contribution in [1.29, 1.82) is 0 Å². The summed E-state index contributed by atoms with van der Waals surface area (Å²) < 4.78 is 2.02. The summed E-state index contributed by atoms with van der Waals surface area (Å²) in [7, 11) is 0. The molecule has 6 nitrogen and oxygen atoms in total. The van der Waals surface area contributed by atoms with Gasteiger partial charge in [0.05, 0.1) is 0 Å². The van der Waals surface area contributed by atoms with Gasteiger partial charge in [-0.2, -0.15) is 0 Å². The summed E-state index contributed by atoms with van der Waals surface area (Å²) in [6, 6.07) is 18.2. The molecular formula is C26H27N5O. The molecule has 2 aromatic heterocycles. The maximum absolute atomic E-state index is 13.1. The molecule has 0 aliphatic carbocycles. The normalized spacial score (nSPS) is 14.2. The number of amides is 1. The number of rotatable bonds is 3. The maximum atomic E-state index is 13.1. The fourth-order valence-electron chi connectivity index (χ4n) is 4.48. The van der Waals surface area contributed by atoms with Crippen molar-refractivity contribution in [3.63, 3.8) is 0 Å². The van der Waals surface area contributed by atoms with Crippen molar-refractivity contribution < 1.29 is 4.79 Å². The van der Waals surface area contributed by atoms with Gasteiger partial charge in [0.1, 0.15) is 11.3 Å². The molecule has 1 aliphatic rings. The SMILES string of the molecule is Cc1ccc(C)c(N2CCN(C(=O)c3ccc(-n4c(C)nc5cccnc54)cc3)CC2)c1. The number of imidazole rings is 1. The number of nitrogens with zero attached hydrogens (tertiary/aromatic N) is 5. The van der Waals surface area contributed by atoms with E-state index in [-0.39, 0.29) is 5.91 Å². The van der Waals surface area contributed by atoms with Crippen molar-refractivity contribution in [2.24, 2.45) is 0 Å². The van der Waals surface area contributed by atoms with E-state index in [4.69, 9.17) is 0 Å². The van der Waals surface area contributed by atoms with Crippen LogP contribution in [-0.2, 0) is 0 Å². The number of aromatic nitrogens is 3. The lowest BCUT2D eigenvalue weighted by Crippen LogP contribution is -2.49. The van der Waals surface area contributed by atoms with Gasteiger partial charge >= 0.3 is 0 Å². The molecule has 32 heavy (non-hydrogen) atoms. The Morgan fingerprint density at radius 2 is 1.66 bits per heavy atom. The molecule has 0 radical (unpaired) electrons. The average molecular weight is 426 g/mol. The number of anilines is 1. The van der Waals surface area contributed by atoms with Crippen molar-refractivity contribution >= 4 is 22.8 Å². The molecule has 0 unspecified atom stereocenters. The van der Waals surface area contributed by atoms with E-state index >= 15 is 0 Å². The van der Waals surface area contributed by atoms with Crippen LogP contribution in [0.4, 0.5) is 5.69 Å². The predicted molar refractivity (Wildman–Crippen MR) is 128 cm³/mol. The highest BCUT2D eigenvalue weighted by atomic mass is 16.2. The molecule has 0 saturated carbocycles. The van der Waals surface area contributed by atoms with Crippen LogP contribution in [0.25, 0.3) is 16.9 Å². The number of benzene rings is 2. The van der Waals surface area contributed by atoms with Crippen LogP contribution in [0.3, 0.4) is 0 Å². The number of hydrogen-bond donors (Lipinski definition) is 0. The average Bonchev–Trinajstić information content (AvgIpc) is 3.16. The molecule has 1 amide bonds. The third-order valence-corrected chi connectivity index (χ3v) is 6.23. The first kappa shape index (κ1) is 20.2. The summed E-state index contributed by atoms with van der Waals surface area (Å²) >= 11 is 0. The van der Waals surface area contributed by atoms with E-state index in [0.717, 1.165) is 48.9 Å². The van der Waals surface area contributed by atoms with Gasteiger partial charge in [-0.25, -0.2) is 9.97 Å². The van der Waals surface area contributed by atoms with E-state index in [9.17, 15) is 4.79 Å². The van der Waals surface area contributed by atoms with Crippen molar-refractivity contribution in [2.75, 3.05) is 31.1 Å². The van der Waals surface area contributed by atoms with Gasteiger partial charge in [-0.3, -0.25) is 9.36 Å². The highest BCUT2D eigenvalue weighted by Crippen LogP contribution is 2.24. The minimum absolute atomic E-state index is 0.0856. The molecule has 3 heterocycles. The lowest BCUT2D eigenvalue weighted by Gasteiger charge is -2.37. The molecule has 162 valence electrons. The van der Waals surface area contributed by atoms with Crippen molar-refractivity contribution in [3.8, 4) is 5.69 Å². The Labute approximate surface area is 188 Å². The first-order chi connectivity index (χ1) is 15.5. The van der Waals surface area contributed by atoms with Crippen LogP contribution in [0.5, 0.6) is 0 Å². The number of carbonyl (C=O) groups is 1. The van der Waals surface area contributed by atoms with E-state index in [1.807, 2.05) is 52.8 Å². The molecule has 2 aromatic carbocycles. The van der Waals surface area contributed by atoms with Gasteiger partial charge in [-0.15, -0.1) is 0 Å². The summed E-state index contributed by atoms with van der Waals surface area (Å²) in [5, 5.41) is 0. The lowest BCUT2D eigenvalue weighted by atomic mass is 10.1. The quantitative estimate of drug-likeness (QED) is 0.491. The number of aryl methyl sites for hydroxylation is 3. The standard InChI is InChI=1S/C26H27N5O/c1-18-6-7-19(2)24(17-18)29-13-15-30(16-14-29)26(32)21-8-10-22(11-9-21)31-20(3)28-23-5-4-12-27-25(23)31/h4-12,17H,13-16H2,1-3H3. The topological polar surface area (TPSA) is 54.3 Å². The van der Waals surface area contributed by atoms with Crippen molar-refractivity contribution in [3.05, 3.63) is 83.3 Å². The molecule has 0 spiro atoms. The van der Waals surface area contributed by atoms with Gasteiger partial charge in [0.15, 0.2) is 5.65 Å². The van der Waals surface area contributed by atoms with E-state index in [1.54, 1.807) is 6.20 Å². The predicted octanol–water partition coefficient (Wildman–Crippen LogP) is 4.31. The molecule has 1 fully saturated rings. The van der Waals surface area contributed by atoms with Gasteiger partial charge in [0.25, 0.3) is 5.91 Å². The Morgan fingerprint density at radius 3 is 2.41 bits per heavy atom. The molecule has 5 rings (SSSR count). The zero-order valence-electron chi connectivity index (χ0n) is 18.7. The first-order valence-corrected chi connectivity index (χ1v) is 11.0. The van der Waals surface area contributed by atoms with Crippen LogP contribution in [0.2, 0.25) is 0 Å². The third-order valence-electron chi connectivity index (χ3n) is 6.23. The highest BCUT2D eigenvalue weighted by Gasteiger charge is 2.23. The van der Waals surface area contributed by atoms with Crippen LogP contribution < -0.4 is 4.90 Å². The smallest absolute Gasteiger partial charge is 0.253 e. The second-order valence-corrected chi connectivity index (χ2v) is 8.46. The molecule has 0 bridgehead atoms. The molecule has 6 heteroatoms. The summed E-state index contributed by atoms with van der Waals surface area (Å²) in [6.07, 6.45) is 1.77. The highest BCUT2D eigenvalue weighted by molar-refractivity contribution is 5.94. The molecule has 0 N–H and O–H groups in total. The van der Waals surface area contributed by atoms with Crippen LogP contribution in [0.15, 0.2) is 60.8 Å². The Balaban J connectivity index is 1.30. The molecule has 4 aromatic rings. The van der Waals surface area contributed by atoms with Gasteiger partial charge in [-0.1, -0.05) is 12.1 Å².